The van der Waals surface area contributed by atoms with E-state index in [1.165, 1.54) is 12.8 Å². The first-order valence-corrected chi connectivity index (χ1v) is 6.29. The fourth-order valence-corrected chi connectivity index (χ4v) is 3.58. The van der Waals surface area contributed by atoms with Crippen molar-refractivity contribution in [3.05, 3.63) is 0 Å². The zero-order valence-electron chi connectivity index (χ0n) is 9.26. The molecule has 3 atom stereocenters. The van der Waals surface area contributed by atoms with Crippen molar-refractivity contribution in [2.75, 3.05) is 0 Å². The normalized spacial score (nSPS) is 40.9. The van der Waals surface area contributed by atoms with E-state index in [4.69, 9.17) is 0 Å². The molecule has 3 unspecified atom stereocenters. The van der Waals surface area contributed by atoms with Crippen LogP contribution >= 0.6 is 0 Å². The van der Waals surface area contributed by atoms with Crippen LogP contribution in [-0.2, 0) is 0 Å². The van der Waals surface area contributed by atoms with Crippen LogP contribution in [0.2, 0.25) is 11.6 Å². The summed E-state index contributed by atoms with van der Waals surface area (Å²) in [7, 11) is 1.58. The van der Waals surface area contributed by atoms with E-state index in [0.717, 1.165) is 23.5 Å². The van der Waals surface area contributed by atoms with Crippen molar-refractivity contribution in [3.8, 4) is 0 Å². The Morgan fingerprint density at radius 3 is 2.46 bits per heavy atom. The smallest absolute Gasteiger partial charge is 0.0652 e. The lowest BCUT2D eigenvalue weighted by molar-refractivity contribution is 0.255. The van der Waals surface area contributed by atoms with E-state index in [0.29, 0.717) is 0 Å². The maximum absolute atomic E-state index is 2.46. The van der Waals surface area contributed by atoms with E-state index in [9.17, 15) is 0 Å². The van der Waals surface area contributed by atoms with Crippen molar-refractivity contribution in [2.45, 2.75) is 64.0 Å². The molecule has 76 valence electrons. The zero-order valence-corrected chi connectivity index (χ0v) is 9.26. The largest absolute Gasteiger partial charge is 0.127 e. The van der Waals surface area contributed by atoms with Crippen LogP contribution in [0.15, 0.2) is 0 Å². The average molecular weight is 180 g/mol. The molecule has 0 nitrogen and oxygen atoms in total. The maximum atomic E-state index is 2.46. The molecule has 0 aromatic carbocycles. The van der Waals surface area contributed by atoms with Gasteiger partial charge in [-0.15, -0.1) is 0 Å². The van der Waals surface area contributed by atoms with Gasteiger partial charge in [0, 0.05) is 1.43 Å². The number of hydrogen-bond acceptors (Lipinski definition) is 0. The van der Waals surface area contributed by atoms with Gasteiger partial charge < -0.3 is 0 Å². The molecule has 0 radical (unpaired) electrons. The Kier molecular flexibility index (Phi) is 3.01. The third-order valence-electron chi connectivity index (χ3n) is 4.61. The Hall–Kier alpha value is 0.0649. The number of hydrogen-bond donors (Lipinski definition) is 0. The van der Waals surface area contributed by atoms with Crippen molar-refractivity contribution in [3.63, 3.8) is 0 Å². The molecule has 2 bridgehead atoms. The highest BCUT2D eigenvalue weighted by atomic mass is 14.3. The van der Waals surface area contributed by atoms with E-state index in [1.54, 1.807) is 33.0 Å². The molecule has 2 saturated heterocycles. The molecule has 0 N–H and O–H groups in total. The van der Waals surface area contributed by atoms with Gasteiger partial charge in [-0.3, -0.25) is 0 Å². The predicted octanol–water partition coefficient (Wildman–Crippen LogP) is 3.89. The first-order valence-electron chi connectivity index (χ1n) is 6.29. The van der Waals surface area contributed by atoms with Crippen molar-refractivity contribution in [1.82, 2.24) is 0 Å². The van der Waals surface area contributed by atoms with Crippen LogP contribution in [0.3, 0.4) is 0 Å². The second-order valence-electron chi connectivity index (χ2n) is 5.52. The van der Waals surface area contributed by atoms with Gasteiger partial charge >= 0.3 is 0 Å². The molecule has 13 heavy (non-hydrogen) atoms. The van der Waals surface area contributed by atoms with Gasteiger partial charge in [0.2, 0.25) is 0 Å². The van der Waals surface area contributed by atoms with Gasteiger partial charge in [0.25, 0.3) is 0 Å². The molecule has 0 aliphatic carbocycles. The molecular weight excluding hydrogens is 155 g/mol. The molecule has 2 rings (SSSR count). The van der Waals surface area contributed by atoms with Gasteiger partial charge in [-0.2, -0.15) is 0 Å². The Morgan fingerprint density at radius 2 is 1.92 bits per heavy atom. The highest BCUT2D eigenvalue weighted by Gasteiger charge is 2.34. The maximum Gasteiger partial charge on any atom is 0.127 e. The Labute approximate surface area is 85.2 Å². The zero-order chi connectivity index (χ0) is 9.26. The standard InChI is InChI=1S/C12H23B.H2/c1-3-9(2)10-7-11-5-4-6-12(8-10)13-11;/h9-13H,3-8H2,1-2H3;1H. The lowest BCUT2D eigenvalue weighted by Crippen LogP contribution is -2.30. The van der Waals surface area contributed by atoms with Crippen LogP contribution in [-0.4, -0.2) is 7.28 Å². The van der Waals surface area contributed by atoms with Gasteiger partial charge in [0.05, 0.1) is 0 Å². The van der Waals surface area contributed by atoms with E-state index < -0.39 is 0 Å². The van der Waals surface area contributed by atoms with Crippen LogP contribution in [0.4, 0.5) is 0 Å². The minimum atomic E-state index is 0. The summed E-state index contributed by atoms with van der Waals surface area (Å²) in [6.45, 7) is 4.82. The molecule has 0 aromatic heterocycles. The Bertz CT molecular complexity index is 160. The molecule has 1 heteroatoms. The Balaban J connectivity index is 0.000000980. The molecule has 0 spiro atoms. The van der Waals surface area contributed by atoms with E-state index >= 15 is 0 Å². The minimum absolute atomic E-state index is 0. The van der Waals surface area contributed by atoms with Crippen molar-refractivity contribution in [1.29, 1.82) is 0 Å². The van der Waals surface area contributed by atoms with Gasteiger partial charge in [-0.25, -0.2) is 0 Å². The van der Waals surface area contributed by atoms with E-state index in [2.05, 4.69) is 13.8 Å². The molecule has 0 aromatic rings. The van der Waals surface area contributed by atoms with Crippen LogP contribution < -0.4 is 0 Å². The summed E-state index contributed by atoms with van der Waals surface area (Å²) in [5, 5.41) is 0. The van der Waals surface area contributed by atoms with Crippen LogP contribution in [0.25, 0.3) is 0 Å². The van der Waals surface area contributed by atoms with Crippen molar-refractivity contribution < 1.29 is 1.43 Å². The quantitative estimate of drug-likeness (QED) is 0.565. The lowest BCUT2D eigenvalue weighted by atomic mass is 9.41. The van der Waals surface area contributed by atoms with Crippen LogP contribution in [0.5, 0.6) is 0 Å². The van der Waals surface area contributed by atoms with Gasteiger partial charge in [0.15, 0.2) is 0 Å². The van der Waals surface area contributed by atoms with Crippen molar-refractivity contribution >= 4 is 7.28 Å². The van der Waals surface area contributed by atoms with Gasteiger partial charge in [-0.05, 0) is 11.8 Å². The summed E-state index contributed by atoms with van der Waals surface area (Å²) in [6, 6.07) is 0. The topological polar surface area (TPSA) is 0 Å². The average Bonchev–Trinajstić information content (AvgIpc) is 2.16. The first kappa shape index (κ1) is 9.61. The highest BCUT2D eigenvalue weighted by Crippen LogP contribution is 2.46. The lowest BCUT2D eigenvalue weighted by Gasteiger charge is -2.40. The molecule has 2 fully saturated rings. The second-order valence-corrected chi connectivity index (χ2v) is 5.52. The summed E-state index contributed by atoms with van der Waals surface area (Å²) in [5.41, 5.74) is 0. The predicted molar refractivity (Wildman–Crippen MR) is 62.8 cm³/mol. The third kappa shape index (κ3) is 2.11. The third-order valence-corrected chi connectivity index (χ3v) is 4.61. The Morgan fingerprint density at radius 1 is 1.31 bits per heavy atom. The molecule has 0 amide bonds. The monoisotopic (exact) mass is 180 g/mol. The van der Waals surface area contributed by atoms with Crippen LogP contribution in [0.1, 0.15) is 53.8 Å². The first-order chi connectivity index (χ1) is 6.29. The summed E-state index contributed by atoms with van der Waals surface area (Å²) >= 11 is 0. The fourth-order valence-electron chi connectivity index (χ4n) is 3.58. The highest BCUT2D eigenvalue weighted by molar-refractivity contribution is 6.40. The van der Waals surface area contributed by atoms with E-state index in [1.807, 2.05) is 0 Å². The van der Waals surface area contributed by atoms with Crippen molar-refractivity contribution in [2.24, 2.45) is 11.8 Å². The molecule has 2 aliphatic rings. The van der Waals surface area contributed by atoms with Gasteiger partial charge in [0.1, 0.15) is 7.28 Å². The summed E-state index contributed by atoms with van der Waals surface area (Å²) in [5.74, 6) is 4.30. The van der Waals surface area contributed by atoms with Gasteiger partial charge in [-0.1, -0.05) is 64.0 Å². The number of fused-ring (bicyclic) bond motifs is 2. The SMILES string of the molecule is CCC(C)C1CC2BC(CCC2)C1.[HH]. The number of rotatable bonds is 2. The fraction of sp³-hybridized carbons (Fsp3) is 1.00. The molecule has 2 aliphatic heterocycles. The summed E-state index contributed by atoms with van der Waals surface area (Å²) in [4.78, 5) is 0. The molecular formula is C12H25B. The summed E-state index contributed by atoms with van der Waals surface area (Å²) < 4.78 is 0. The van der Waals surface area contributed by atoms with E-state index in [-0.39, 0.29) is 1.43 Å². The summed E-state index contributed by atoms with van der Waals surface area (Å²) in [6.07, 6.45) is 9.14. The molecule has 0 saturated carbocycles. The molecule has 2 heterocycles. The minimum Gasteiger partial charge on any atom is -0.0652 e. The second kappa shape index (κ2) is 4.06. The van der Waals surface area contributed by atoms with Crippen LogP contribution in [0, 0.1) is 11.8 Å².